The van der Waals surface area contributed by atoms with Crippen molar-refractivity contribution in [2.45, 2.75) is 75.8 Å². The second-order valence-corrected chi connectivity index (χ2v) is 14.3. The van der Waals surface area contributed by atoms with E-state index in [9.17, 15) is 33.2 Å². The summed E-state index contributed by atoms with van der Waals surface area (Å²) in [7, 11) is 0. The summed E-state index contributed by atoms with van der Waals surface area (Å²) in [5.41, 5.74) is -0.739. The molecule has 10 nitrogen and oxygen atoms in total. The maximum Gasteiger partial charge on any atom is 0.408 e. The standard InChI is InChI=1S/C32H38F3N5O5/c1-31(2,3)26(38-30(44)45-18(11-33)12-34)28(42)39-14-20-16-8-19(22(35)9-16)24(20)25(39)27(41)40-15-32(10-17(40)13-36)21-6-4-5-7-23(21)37-29(32)43/h4-7,16-20,22,24-26H,8-12,14-15H2,1-3H3,(H,37,43)(H,38,44)/t16-,17-,19+,20+,22+,24-,25-,26+,32-/m0/s1. The Bertz CT molecular complexity index is 1440. The van der Waals surface area contributed by atoms with E-state index < -0.39 is 84.3 Å². The molecule has 1 aromatic carbocycles. The predicted octanol–water partition coefficient (Wildman–Crippen LogP) is 3.27. The largest absolute Gasteiger partial charge is 0.441 e. The number of nitrogens with one attached hydrogen (secondary N) is 2. The van der Waals surface area contributed by atoms with E-state index in [1.54, 1.807) is 45.0 Å². The number of nitriles is 1. The van der Waals surface area contributed by atoms with Crippen LogP contribution in [0.5, 0.6) is 0 Å². The number of benzene rings is 1. The highest BCUT2D eigenvalue weighted by molar-refractivity contribution is 6.07. The highest BCUT2D eigenvalue weighted by Crippen LogP contribution is 2.59. The highest BCUT2D eigenvalue weighted by atomic mass is 19.1. The molecule has 1 aromatic rings. The zero-order chi connectivity index (χ0) is 32.4. The van der Waals surface area contributed by atoms with Gasteiger partial charge in [-0.3, -0.25) is 14.4 Å². The summed E-state index contributed by atoms with van der Waals surface area (Å²) in [5, 5.41) is 15.5. The van der Waals surface area contributed by atoms with E-state index in [1.165, 1.54) is 9.80 Å². The average Bonchev–Trinajstić information content (AvgIpc) is 3.80. The number of ether oxygens (including phenoxy) is 1. The van der Waals surface area contributed by atoms with Gasteiger partial charge in [0, 0.05) is 25.2 Å². The number of likely N-dealkylation sites (tertiary alicyclic amines) is 2. The molecular formula is C32H38F3N5O5. The number of anilines is 1. The first-order chi connectivity index (χ1) is 21.3. The molecule has 2 saturated carbocycles. The summed E-state index contributed by atoms with van der Waals surface area (Å²) in [6.45, 7) is 2.69. The molecule has 2 bridgehead atoms. The van der Waals surface area contributed by atoms with Gasteiger partial charge in [-0.25, -0.2) is 18.0 Å². The van der Waals surface area contributed by atoms with E-state index in [2.05, 4.69) is 16.7 Å². The summed E-state index contributed by atoms with van der Waals surface area (Å²) < 4.78 is 46.2. The Labute approximate surface area is 259 Å². The SMILES string of the molecule is CC(C)(C)[C@H](NC(=O)OC(CF)CF)C(=O)N1C[C@@H]2[C@H]3C[C@@H]([C@@H]2[C@H]1C(=O)N1C[C@]2(C[C@H]1C#N)C(=O)Nc1ccccc12)[C@H](F)C3. The number of nitrogens with zero attached hydrogens (tertiary/aromatic N) is 3. The Morgan fingerprint density at radius 3 is 2.53 bits per heavy atom. The maximum absolute atomic E-state index is 15.2. The van der Waals surface area contributed by atoms with Crippen molar-refractivity contribution in [1.82, 2.24) is 15.1 Å². The van der Waals surface area contributed by atoms with Gasteiger partial charge >= 0.3 is 6.09 Å². The normalized spacial score (nSPS) is 33.6. The molecule has 2 N–H and O–H groups in total. The summed E-state index contributed by atoms with van der Waals surface area (Å²) in [6, 6.07) is 6.00. The molecular weight excluding hydrogens is 591 g/mol. The lowest BCUT2D eigenvalue weighted by Crippen LogP contribution is -2.60. The number of rotatable bonds is 6. The number of para-hydroxylation sites is 1. The third-order valence-electron chi connectivity index (χ3n) is 10.7. The molecule has 6 rings (SSSR count). The van der Waals surface area contributed by atoms with Crippen molar-refractivity contribution in [2.24, 2.45) is 29.1 Å². The number of alkyl carbamates (subject to hydrolysis) is 1. The maximum atomic E-state index is 15.2. The molecule has 0 unspecified atom stereocenters. The van der Waals surface area contributed by atoms with Crippen LogP contribution in [0.25, 0.3) is 0 Å². The van der Waals surface area contributed by atoms with Gasteiger partial charge in [0.25, 0.3) is 0 Å². The van der Waals surface area contributed by atoms with Crippen LogP contribution < -0.4 is 10.6 Å². The number of fused-ring (bicyclic) bond motifs is 7. The zero-order valence-electron chi connectivity index (χ0n) is 25.5. The summed E-state index contributed by atoms with van der Waals surface area (Å²) in [4.78, 5) is 57.8. The van der Waals surface area contributed by atoms with Crippen molar-refractivity contribution in [2.75, 3.05) is 31.8 Å². The van der Waals surface area contributed by atoms with Gasteiger partial charge in [-0.15, -0.1) is 0 Å². The molecule has 2 aliphatic carbocycles. The Morgan fingerprint density at radius 2 is 1.87 bits per heavy atom. The van der Waals surface area contributed by atoms with Crippen LogP contribution in [0.2, 0.25) is 0 Å². The molecule has 4 amide bonds. The number of hydrogen-bond acceptors (Lipinski definition) is 6. The van der Waals surface area contributed by atoms with Gasteiger partial charge in [0.15, 0.2) is 6.10 Å². The Kier molecular flexibility index (Phi) is 7.77. The van der Waals surface area contributed by atoms with Crippen LogP contribution in [0.15, 0.2) is 24.3 Å². The molecule has 5 aliphatic rings. The molecule has 3 aliphatic heterocycles. The van der Waals surface area contributed by atoms with Gasteiger partial charge in [0.2, 0.25) is 17.7 Å². The average molecular weight is 630 g/mol. The summed E-state index contributed by atoms with van der Waals surface area (Å²) in [5.74, 6) is -2.55. The van der Waals surface area contributed by atoms with Crippen LogP contribution in [-0.2, 0) is 24.5 Å². The van der Waals surface area contributed by atoms with Crippen molar-refractivity contribution in [3.63, 3.8) is 0 Å². The molecule has 242 valence electrons. The van der Waals surface area contributed by atoms with E-state index >= 15 is 4.39 Å². The van der Waals surface area contributed by atoms with E-state index in [0.717, 1.165) is 0 Å². The predicted molar refractivity (Wildman–Crippen MR) is 155 cm³/mol. The van der Waals surface area contributed by atoms with Crippen molar-refractivity contribution >= 4 is 29.5 Å². The molecule has 45 heavy (non-hydrogen) atoms. The van der Waals surface area contributed by atoms with Crippen molar-refractivity contribution in [3.8, 4) is 6.07 Å². The van der Waals surface area contributed by atoms with Crippen LogP contribution in [0, 0.1) is 40.4 Å². The fraction of sp³-hybridized carbons (Fsp3) is 0.656. The second-order valence-electron chi connectivity index (χ2n) is 14.3. The first-order valence-corrected chi connectivity index (χ1v) is 15.5. The number of alkyl halides is 3. The van der Waals surface area contributed by atoms with E-state index in [0.29, 0.717) is 24.1 Å². The van der Waals surface area contributed by atoms with Crippen LogP contribution >= 0.6 is 0 Å². The minimum absolute atomic E-state index is 0.0202. The minimum Gasteiger partial charge on any atom is -0.441 e. The van der Waals surface area contributed by atoms with Gasteiger partial charge in [-0.1, -0.05) is 39.0 Å². The van der Waals surface area contributed by atoms with Crippen molar-refractivity contribution < 1.29 is 37.1 Å². The third kappa shape index (κ3) is 4.91. The number of carbonyl (C=O) groups is 4. The first kappa shape index (κ1) is 31.2. The third-order valence-corrected chi connectivity index (χ3v) is 10.7. The topological polar surface area (TPSA) is 132 Å². The van der Waals surface area contributed by atoms with Gasteiger partial charge in [-0.05, 0) is 53.6 Å². The van der Waals surface area contributed by atoms with Crippen LogP contribution in [0.1, 0.15) is 45.6 Å². The fourth-order valence-electron chi connectivity index (χ4n) is 8.63. The molecule has 4 fully saturated rings. The molecule has 0 aromatic heterocycles. The summed E-state index contributed by atoms with van der Waals surface area (Å²) in [6.07, 6.45) is -2.90. The number of hydrogen-bond donors (Lipinski definition) is 2. The van der Waals surface area contributed by atoms with Crippen LogP contribution in [-0.4, -0.2) is 90.5 Å². The lowest BCUT2D eigenvalue weighted by atomic mass is 9.77. The monoisotopic (exact) mass is 629 g/mol. The number of carbonyl (C=O) groups excluding carboxylic acids is 4. The second kappa shape index (κ2) is 11.2. The lowest BCUT2D eigenvalue weighted by Gasteiger charge is -2.38. The smallest absolute Gasteiger partial charge is 0.408 e. The fourth-order valence-corrected chi connectivity index (χ4v) is 8.63. The molecule has 13 heteroatoms. The van der Waals surface area contributed by atoms with E-state index in [1.807, 2.05) is 0 Å². The Hall–Kier alpha value is -3.82. The van der Waals surface area contributed by atoms with Crippen molar-refractivity contribution in [1.29, 1.82) is 5.26 Å². The molecule has 3 heterocycles. The lowest BCUT2D eigenvalue weighted by molar-refractivity contribution is -0.148. The minimum atomic E-state index is -1.62. The van der Waals surface area contributed by atoms with Gasteiger partial charge in [-0.2, -0.15) is 5.26 Å². The molecule has 0 radical (unpaired) electrons. The highest BCUT2D eigenvalue weighted by Gasteiger charge is 2.65. The quantitative estimate of drug-likeness (QED) is 0.497. The molecule has 9 atom stereocenters. The van der Waals surface area contributed by atoms with Crippen molar-refractivity contribution in [3.05, 3.63) is 29.8 Å². The molecule has 1 spiro atoms. The Morgan fingerprint density at radius 1 is 1.16 bits per heavy atom. The summed E-state index contributed by atoms with van der Waals surface area (Å²) >= 11 is 0. The van der Waals surface area contributed by atoms with E-state index in [-0.39, 0.29) is 37.3 Å². The zero-order valence-corrected chi connectivity index (χ0v) is 25.5. The van der Waals surface area contributed by atoms with Crippen LogP contribution in [0.4, 0.5) is 23.7 Å². The van der Waals surface area contributed by atoms with Gasteiger partial charge in [0.05, 0.1) is 11.5 Å². The number of amides is 4. The van der Waals surface area contributed by atoms with E-state index in [4.69, 9.17) is 4.74 Å². The Balaban J connectivity index is 1.33. The van der Waals surface area contributed by atoms with Gasteiger partial charge in [0.1, 0.15) is 37.6 Å². The van der Waals surface area contributed by atoms with Crippen LogP contribution in [0.3, 0.4) is 0 Å². The first-order valence-electron chi connectivity index (χ1n) is 15.5. The van der Waals surface area contributed by atoms with Gasteiger partial charge < -0.3 is 25.2 Å². The molecule has 2 saturated heterocycles. The number of halogens is 3.